The lowest BCUT2D eigenvalue weighted by molar-refractivity contribution is 0.753. The quantitative estimate of drug-likeness (QED) is 0.880. The maximum atomic E-state index is 6.01. The van der Waals surface area contributed by atoms with E-state index in [9.17, 15) is 0 Å². The van der Waals surface area contributed by atoms with E-state index < -0.39 is 0 Å². The summed E-state index contributed by atoms with van der Waals surface area (Å²) in [6.45, 7) is 2.12. The molecule has 84 valence electrons. The summed E-state index contributed by atoms with van der Waals surface area (Å²) in [5.74, 6) is 1.94. The van der Waals surface area contributed by atoms with Gasteiger partial charge < -0.3 is 10.6 Å². The summed E-state index contributed by atoms with van der Waals surface area (Å²) < 4.78 is 0. The summed E-state index contributed by atoms with van der Waals surface area (Å²) in [4.78, 5) is 9.97. The highest BCUT2D eigenvalue weighted by molar-refractivity contribution is 7.98. The van der Waals surface area contributed by atoms with Gasteiger partial charge in [0.05, 0.1) is 6.20 Å². The lowest BCUT2D eigenvalue weighted by atomic mass is 10.3. The molecule has 0 aliphatic carbocycles. The van der Waals surface area contributed by atoms with Crippen LogP contribution >= 0.6 is 23.4 Å². The average molecular weight is 247 g/mol. The van der Waals surface area contributed by atoms with Crippen LogP contribution in [-0.2, 0) is 0 Å². The zero-order valence-electron chi connectivity index (χ0n) is 9.07. The zero-order valence-corrected chi connectivity index (χ0v) is 10.6. The van der Waals surface area contributed by atoms with Crippen LogP contribution in [0.25, 0.3) is 0 Å². The average Bonchev–Trinajstić information content (AvgIpc) is 2.21. The number of anilines is 2. The van der Waals surface area contributed by atoms with E-state index in [1.807, 2.05) is 11.9 Å². The third-order valence-electron chi connectivity index (χ3n) is 2.15. The van der Waals surface area contributed by atoms with Crippen LogP contribution in [0.3, 0.4) is 0 Å². The van der Waals surface area contributed by atoms with E-state index in [2.05, 4.69) is 23.1 Å². The van der Waals surface area contributed by atoms with Gasteiger partial charge in [0.15, 0.2) is 5.82 Å². The van der Waals surface area contributed by atoms with E-state index in [0.717, 1.165) is 5.75 Å². The molecule has 0 fully saturated rings. The van der Waals surface area contributed by atoms with Gasteiger partial charge in [0.2, 0.25) is 5.95 Å². The Hall–Kier alpha value is -0.680. The molecule has 1 aromatic heterocycles. The topological polar surface area (TPSA) is 55.0 Å². The second kappa shape index (κ2) is 5.42. The molecule has 0 spiro atoms. The lowest BCUT2D eigenvalue weighted by Crippen LogP contribution is -2.32. The minimum Gasteiger partial charge on any atom is -0.368 e. The molecule has 0 radical (unpaired) electrons. The smallest absolute Gasteiger partial charge is 0.222 e. The molecule has 1 aromatic rings. The van der Waals surface area contributed by atoms with Crippen molar-refractivity contribution in [1.29, 1.82) is 0 Å². The van der Waals surface area contributed by atoms with Crippen LogP contribution in [0.15, 0.2) is 6.20 Å². The molecule has 6 heteroatoms. The van der Waals surface area contributed by atoms with Crippen LogP contribution in [0.1, 0.15) is 6.92 Å². The molecule has 2 N–H and O–H groups in total. The number of nitrogens with two attached hydrogens (primary N) is 1. The standard InChI is InChI=1S/C9H15ClN4S/c1-6(5-15-3)14(2)8-7(10)4-12-9(11)13-8/h4,6H,5H2,1-3H3,(H2,11,12,13). The van der Waals surface area contributed by atoms with Gasteiger partial charge in [0, 0.05) is 18.8 Å². The van der Waals surface area contributed by atoms with E-state index in [-0.39, 0.29) is 5.95 Å². The number of halogens is 1. The zero-order chi connectivity index (χ0) is 11.4. The number of nitrogens with zero attached hydrogens (tertiary/aromatic N) is 3. The molecule has 0 saturated heterocycles. The fourth-order valence-corrected chi connectivity index (χ4v) is 2.11. The van der Waals surface area contributed by atoms with Crippen molar-refractivity contribution >= 4 is 35.1 Å². The van der Waals surface area contributed by atoms with E-state index in [0.29, 0.717) is 16.9 Å². The van der Waals surface area contributed by atoms with E-state index >= 15 is 0 Å². The number of hydrogen-bond acceptors (Lipinski definition) is 5. The van der Waals surface area contributed by atoms with Crippen molar-refractivity contribution in [3.8, 4) is 0 Å². The molecule has 0 aromatic carbocycles. The molecule has 4 nitrogen and oxygen atoms in total. The molecule has 15 heavy (non-hydrogen) atoms. The Morgan fingerprint density at radius 1 is 1.67 bits per heavy atom. The van der Waals surface area contributed by atoms with Gasteiger partial charge in [-0.15, -0.1) is 0 Å². The van der Waals surface area contributed by atoms with Gasteiger partial charge >= 0.3 is 0 Å². The highest BCUT2D eigenvalue weighted by atomic mass is 35.5. The van der Waals surface area contributed by atoms with Crippen molar-refractivity contribution in [2.75, 3.05) is 29.7 Å². The number of nitrogen functional groups attached to an aromatic ring is 1. The van der Waals surface area contributed by atoms with Crippen LogP contribution in [0, 0.1) is 0 Å². The summed E-state index contributed by atoms with van der Waals surface area (Å²) in [6, 6.07) is 0.354. The third-order valence-corrected chi connectivity index (χ3v) is 3.23. The molecule has 1 atom stereocenters. The van der Waals surface area contributed by atoms with Gasteiger partial charge in [-0.05, 0) is 13.2 Å². The van der Waals surface area contributed by atoms with Crippen molar-refractivity contribution in [1.82, 2.24) is 9.97 Å². The Balaban J connectivity index is 2.89. The highest BCUT2D eigenvalue weighted by Gasteiger charge is 2.14. The number of thioether (sulfide) groups is 1. The van der Waals surface area contributed by atoms with Crippen molar-refractivity contribution in [3.63, 3.8) is 0 Å². The Labute approximate surface area is 99.2 Å². The summed E-state index contributed by atoms with van der Waals surface area (Å²) in [5.41, 5.74) is 5.53. The highest BCUT2D eigenvalue weighted by Crippen LogP contribution is 2.24. The minimum atomic E-state index is 0.248. The predicted octanol–water partition coefficient (Wildman–Crippen LogP) is 1.90. The Morgan fingerprint density at radius 2 is 2.33 bits per heavy atom. The molecule has 0 bridgehead atoms. The molecule has 1 rings (SSSR count). The minimum absolute atomic E-state index is 0.248. The summed E-state index contributed by atoms with van der Waals surface area (Å²) >= 11 is 7.79. The Bertz CT molecular complexity index is 334. The van der Waals surface area contributed by atoms with Gasteiger partial charge in [-0.1, -0.05) is 11.6 Å². The maximum Gasteiger partial charge on any atom is 0.222 e. The maximum absolute atomic E-state index is 6.01. The van der Waals surface area contributed by atoms with E-state index in [4.69, 9.17) is 17.3 Å². The van der Waals surface area contributed by atoms with Crippen LogP contribution in [0.5, 0.6) is 0 Å². The van der Waals surface area contributed by atoms with Gasteiger partial charge in [0.1, 0.15) is 5.02 Å². The van der Waals surface area contributed by atoms with Crippen LogP contribution in [0.4, 0.5) is 11.8 Å². The first kappa shape index (κ1) is 12.4. The van der Waals surface area contributed by atoms with E-state index in [1.165, 1.54) is 6.20 Å². The molecule has 1 heterocycles. The molecule has 0 amide bonds. The molecule has 0 aliphatic rings. The molecule has 0 aliphatic heterocycles. The predicted molar refractivity (Wildman–Crippen MR) is 67.7 cm³/mol. The van der Waals surface area contributed by atoms with E-state index in [1.54, 1.807) is 11.8 Å². The van der Waals surface area contributed by atoms with Gasteiger partial charge in [-0.2, -0.15) is 16.7 Å². The first-order chi connectivity index (χ1) is 7.06. The first-order valence-corrected chi connectivity index (χ1v) is 6.33. The van der Waals surface area contributed by atoms with Crippen LogP contribution < -0.4 is 10.6 Å². The fourth-order valence-electron chi connectivity index (χ4n) is 1.18. The van der Waals surface area contributed by atoms with Crippen LogP contribution in [-0.4, -0.2) is 35.1 Å². The largest absolute Gasteiger partial charge is 0.368 e. The lowest BCUT2D eigenvalue weighted by Gasteiger charge is -2.25. The van der Waals surface area contributed by atoms with Crippen molar-refractivity contribution in [2.45, 2.75) is 13.0 Å². The van der Waals surface area contributed by atoms with Crippen LogP contribution in [0.2, 0.25) is 5.02 Å². The summed E-state index contributed by atoms with van der Waals surface area (Å²) in [5, 5.41) is 0.527. The second-order valence-electron chi connectivity index (χ2n) is 3.32. The monoisotopic (exact) mass is 246 g/mol. The van der Waals surface area contributed by atoms with Gasteiger partial charge in [-0.3, -0.25) is 0 Å². The molecule has 1 unspecified atom stereocenters. The normalized spacial score (nSPS) is 12.5. The first-order valence-electron chi connectivity index (χ1n) is 4.56. The molecular formula is C9H15ClN4S. The Morgan fingerprint density at radius 3 is 2.93 bits per heavy atom. The second-order valence-corrected chi connectivity index (χ2v) is 4.63. The fraction of sp³-hybridized carbons (Fsp3) is 0.556. The summed E-state index contributed by atoms with van der Waals surface area (Å²) in [7, 11) is 1.95. The number of aromatic nitrogens is 2. The molecule has 0 saturated carbocycles. The van der Waals surface area contributed by atoms with Crippen molar-refractivity contribution in [2.24, 2.45) is 0 Å². The Kier molecular flexibility index (Phi) is 4.47. The van der Waals surface area contributed by atoms with Gasteiger partial charge in [-0.25, -0.2) is 4.98 Å². The van der Waals surface area contributed by atoms with Crippen molar-refractivity contribution in [3.05, 3.63) is 11.2 Å². The number of rotatable bonds is 4. The number of hydrogen-bond donors (Lipinski definition) is 1. The molecular weight excluding hydrogens is 232 g/mol. The third kappa shape index (κ3) is 3.14. The van der Waals surface area contributed by atoms with Gasteiger partial charge in [0.25, 0.3) is 0 Å². The SMILES string of the molecule is CSCC(C)N(C)c1nc(N)ncc1Cl. The van der Waals surface area contributed by atoms with Crippen molar-refractivity contribution < 1.29 is 0 Å². The summed E-state index contributed by atoms with van der Waals surface area (Å²) in [6.07, 6.45) is 3.60.